The van der Waals surface area contributed by atoms with Gasteiger partial charge < -0.3 is 14.5 Å². The molecule has 1 atom stereocenters. The van der Waals surface area contributed by atoms with E-state index in [-0.39, 0.29) is 12.1 Å². The Morgan fingerprint density at radius 1 is 1.35 bits per heavy atom. The number of hydrogen-bond donors (Lipinski definition) is 1. The van der Waals surface area contributed by atoms with Crippen LogP contribution in [0.5, 0.6) is 0 Å². The van der Waals surface area contributed by atoms with E-state index < -0.39 is 0 Å². The lowest BCUT2D eigenvalue weighted by molar-refractivity contribution is 0.0608. The number of ether oxygens (including phenoxy) is 1. The van der Waals surface area contributed by atoms with Crippen molar-refractivity contribution in [3.63, 3.8) is 0 Å². The third kappa shape index (κ3) is 4.52. The number of aryl methyl sites for hydroxylation is 2. The van der Waals surface area contributed by atoms with Crippen LogP contribution in [-0.4, -0.2) is 19.3 Å². The summed E-state index contributed by atoms with van der Waals surface area (Å²) in [6.07, 6.45) is 1.38. The summed E-state index contributed by atoms with van der Waals surface area (Å²) in [7, 11) is 0. The van der Waals surface area contributed by atoms with Crippen LogP contribution < -0.4 is 5.32 Å². The second kappa shape index (κ2) is 6.82. The summed E-state index contributed by atoms with van der Waals surface area (Å²) in [6.45, 7) is 12.0. The minimum absolute atomic E-state index is 0.231. The van der Waals surface area contributed by atoms with Crippen LogP contribution in [0.2, 0.25) is 0 Å². The Balaban J connectivity index is 2.70. The van der Waals surface area contributed by atoms with Gasteiger partial charge in [0, 0.05) is 5.56 Å². The van der Waals surface area contributed by atoms with Crippen molar-refractivity contribution < 1.29 is 9.15 Å². The van der Waals surface area contributed by atoms with Gasteiger partial charge in [-0.2, -0.15) is 0 Å². The topological polar surface area (TPSA) is 34.4 Å². The molecule has 1 aromatic heterocycles. The van der Waals surface area contributed by atoms with Gasteiger partial charge >= 0.3 is 0 Å². The number of hydrogen-bond acceptors (Lipinski definition) is 3. The summed E-state index contributed by atoms with van der Waals surface area (Å²) < 4.78 is 11.3. The molecule has 1 aromatic rings. The molecule has 3 nitrogen and oxygen atoms in total. The minimum atomic E-state index is 0.231. The first kappa shape index (κ1) is 14.3. The Morgan fingerprint density at radius 3 is 2.53 bits per heavy atom. The molecule has 0 spiro atoms. The quantitative estimate of drug-likeness (QED) is 0.792. The van der Waals surface area contributed by atoms with E-state index >= 15 is 0 Å². The third-order valence-corrected chi connectivity index (χ3v) is 2.69. The van der Waals surface area contributed by atoms with E-state index in [0.29, 0.717) is 6.61 Å². The fourth-order valence-electron chi connectivity index (χ4n) is 1.86. The van der Waals surface area contributed by atoms with Gasteiger partial charge in [0.15, 0.2) is 0 Å². The third-order valence-electron chi connectivity index (χ3n) is 2.69. The van der Waals surface area contributed by atoms with E-state index in [2.05, 4.69) is 32.2 Å². The molecule has 0 aliphatic carbocycles. The van der Waals surface area contributed by atoms with Crippen LogP contribution in [0.1, 0.15) is 50.3 Å². The molecule has 1 rings (SSSR count). The molecule has 98 valence electrons. The molecule has 0 aliphatic heterocycles. The fourth-order valence-corrected chi connectivity index (χ4v) is 1.86. The highest BCUT2D eigenvalue weighted by molar-refractivity contribution is 5.24. The van der Waals surface area contributed by atoms with Gasteiger partial charge in [0.2, 0.25) is 0 Å². The molecule has 0 aliphatic rings. The Kier molecular flexibility index (Phi) is 5.72. The SMILES string of the molecule is CCCNC(COC(C)C)c1cc(C)oc1C. The van der Waals surface area contributed by atoms with Crippen LogP contribution >= 0.6 is 0 Å². The lowest BCUT2D eigenvalue weighted by Gasteiger charge is -2.19. The van der Waals surface area contributed by atoms with Gasteiger partial charge in [0.25, 0.3) is 0 Å². The van der Waals surface area contributed by atoms with Gasteiger partial charge in [-0.1, -0.05) is 6.92 Å². The van der Waals surface area contributed by atoms with Crippen molar-refractivity contribution in [2.75, 3.05) is 13.2 Å². The predicted octanol–water partition coefficient (Wildman–Crippen LogP) is 3.36. The molecule has 0 aromatic carbocycles. The maximum absolute atomic E-state index is 5.72. The van der Waals surface area contributed by atoms with E-state index in [9.17, 15) is 0 Å². The van der Waals surface area contributed by atoms with Gasteiger partial charge in [-0.15, -0.1) is 0 Å². The Labute approximate surface area is 105 Å². The lowest BCUT2D eigenvalue weighted by Crippen LogP contribution is -2.27. The Hall–Kier alpha value is -0.800. The van der Waals surface area contributed by atoms with Crippen molar-refractivity contribution in [3.8, 4) is 0 Å². The molecular formula is C14H25NO2. The van der Waals surface area contributed by atoms with E-state index in [4.69, 9.17) is 9.15 Å². The molecule has 0 saturated carbocycles. The van der Waals surface area contributed by atoms with E-state index in [1.165, 1.54) is 5.56 Å². The maximum atomic E-state index is 5.72. The normalized spacial score (nSPS) is 13.3. The second-order valence-electron chi connectivity index (χ2n) is 4.76. The summed E-state index contributed by atoms with van der Waals surface area (Å²) in [5, 5.41) is 3.51. The Morgan fingerprint density at radius 2 is 2.06 bits per heavy atom. The molecule has 0 amide bonds. The van der Waals surface area contributed by atoms with Crippen LogP contribution in [-0.2, 0) is 4.74 Å². The van der Waals surface area contributed by atoms with Crippen LogP contribution in [0.3, 0.4) is 0 Å². The average molecular weight is 239 g/mol. The molecule has 0 bridgehead atoms. The largest absolute Gasteiger partial charge is 0.466 e. The molecular weight excluding hydrogens is 214 g/mol. The van der Waals surface area contributed by atoms with Gasteiger partial charge in [-0.25, -0.2) is 0 Å². The summed E-state index contributed by atoms with van der Waals surface area (Å²) >= 11 is 0. The number of rotatable bonds is 7. The molecule has 1 unspecified atom stereocenters. The van der Waals surface area contributed by atoms with E-state index in [1.807, 2.05) is 13.8 Å². The van der Waals surface area contributed by atoms with Crippen molar-refractivity contribution in [2.24, 2.45) is 0 Å². The molecule has 0 saturated heterocycles. The van der Waals surface area contributed by atoms with Crippen molar-refractivity contribution in [1.82, 2.24) is 5.32 Å². The minimum Gasteiger partial charge on any atom is -0.466 e. The molecule has 17 heavy (non-hydrogen) atoms. The van der Waals surface area contributed by atoms with E-state index in [0.717, 1.165) is 24.5 Å². The molecule has 0 fully saturated rings. The van der Waals surface area contributed by atoms with Gasteiger partial charge in [-0.05, 0) is 46.7 Å². The highest BCUT2D eigenvalue weighted by Crippen LogP contribution is 2.22. The van der Waals surface area contributed by atoms with Gasteiger partial charge in [-0.3, -0.25) is 0 Å². The molecule has 1 heterocycles. The summed E-state index contributed by atoms with van der Waals surface area (Å²) in [4.78, 5) is 0. The summed E-state index contributed by atoms with van der Waals surface area (Å²) in [5.41, 5.74) is 1.22. The molecule has 3 heteroatoms. The Bertz CT molecular complexity index is 331. The predicted molar refractivity (Wildman–Crippen MR) is 70.3 cm³/mol. The first-order valence-corrected chi connectivity index (χ1v) is 6.46. The fraction of sp³-hybridized carbons (Fsp3) is 0.714. The molecule has 0 radical (unpaired) electrons. The average Bonchev–Trinajstić information content (AvgIpc) is 2.58. The highest BCUT2D eigenvalue weighted by Gasteiger charge is 2.17. The summed E-state index contributed by atoms with van der Waals surface area (Å²) in [5.74, 6) is 1.95. The zero-order valence-corrected chi connectivity index (χ0v) is 11.7. The highest BCUT2D eigenvalue weighted by atomic mass is 16.5. The van der Waals surface area contributed by atoms with Crippen molar-refractivity contribution in [2.45, 2.75) is 53.2 Å². The smallest absolute Gasteiger partial charge is 0.105 e. The van der Waals surface area contributed by atoms with E-state index in [1.54, 1.807) is 0 Å². The first-order valence-electron chi connectivity index (χ1n) is 6.46. The van der Waals surface area contributed by atoms with Crippen LogP contribution in [0, 0.1) is 13.8 Å². The second-order valence-corrected chi connectivity index (χ2v) is 4.76. The monoisotopic (exact) mass is 239 g/mol. The number of furan rings is 1. The first-order chi connectivity index (χ1) is 8.04. The lowest BCUT2D eigenvalue weighted by atomic mass is 10.1. The van der Waals surface area contributed by atoms with Crippen LogP contribution in [0.4, 0.5) is 0 Å². The van der Waals surface area contributed by atoms with Crippen molar-refractivity contribution in [1.29, 1.82) is 0 Å². The van der Waals surface area contributed by atoms with Crippen molar-refractivity contribution >= 4 is 0 Å². The standard InChI is InChI=1S/C14H25NO2/c1-6-7-15-14(9-16-10(2)3)13-8-11(4)17-12(13)5/h8,10,14-15H,6-7,9H2,1-5H3. The molecule has 1 N–H and O–H groups in total. The van der Waals surface area contributed by atoms with Gasteiger partial charge in [0.05, 0.1) is 18.8 Å². The maximum Gasteiger partial charge on any atom is 0.105 e. The van der Waals surface area contributed by atoms with Crippen LogP contribution in [0.15, 0.2) is 10.5 Å². The van der Waals surface area contributed by atoms with Crippen molar-refractivity contribution in [3.05, 3.63) is 23.2 Å². The van der Waals surface area contributed by atoms with Crippen LogP contribution in [0.25, 0.3) is 0 Å². The number of nitrogens with one attached hydrogen (secondary N) is 1. The summed E-state index contributed by atoms with van der Waals surface area (Å²) in [6, 6.07) is 2.33. The zero-order valence-electron chi connectivity index (χ0n) is 11.7. The zero-order chi connectivity index (χ0) is 12.8. The van der Waals surface area contributed by atoms with Gasteiger partial charge in [0.1, 0.15) is 11.5 Å².